The molecule has 0 saturated heterocycles. The van der Waals surface area contributed by atoms with Gasteiger partial charge in [-0.15, -0.1) is 4.99 Å². The lowest BCUT2D eigenvalue weighted by Gasteiger charge is -2.44. The third kappa shape index (κ3) is 4.33. The van der Waals surface area contributed by atoms with Gasteiger partial charge in [0.1, 0.15) is 18.1 Å². The summed E-state index contributed by atoms with van der Waals surface area (Å²) >= 11 is 0. The largest absolute Gasteiger partial charge is 0.540 e. The van der Waals surface area contributed by atoms with Crippen LogP contribution in [0.15, 0.2) is 65.0 Å². The second-order valence-corrected chi connectivity index (χ2v) is 8.99. The molecule has 2 aromatic carbocycles. The molecule has 1 atom stereocenters. The number of amides is 1. The van der Waals surface area contributed by atoms with Crippen molar-refractivity contribution in [3.05, 3.63) is 65.6 Å². The number of carbonyl (C=O) groups is 2. The van der Waals surface area contributed by atoms with Gasteiger partial charge in [0.15, 0.2) is 17.2 Å². The van der Waals surface area contributed by atoms with E-state index in [0.717, 1.165) is 5.56 Å². The number of carboxylic acids is 1. The van der Waals surface area contributed by atoms with Crippen LogP contribution in [0.3, 0.4) is 0 Å². The summed E-state index contributed by atoms with van der Waals surface area (Å²) in [6.07, 6.45) is 0. The van der Waals surface area contributed by atoms with E-state index in [0.29, 0.717) is 17.2 Å². The van der Waals surface area contributed by atoms with Crippen molar-refractivity contribution in [1.82, 2.24) is 9.80 Å². The molecule has 1 unspecified atom stereocenters. The highest BCUT2D eigenvalue weighted by Gasteiger charge is 2.58. The summed E-state index contributed by atoms with van der Waals surface area (Å²) in [4.78, 5) is 29.6. The number of nitrogens with zero attached hydrogens (tertiary/aromatic N) is 2. The van der Waals surface area contributed by atoms with Crippen LogP contribution in [0, 0.1) is 0 Å². The van der Waals surface area contributed by atoms with Crippen LogP contribution in [0.1, 0.15) is 26.3 Å². The number of quaternary nitrogens is 1. The number of amidine groups is 1. The summed E-state index contributed by atoms with van der Waals surface area (Å²) in [5.74, 6) is -1.24. The monoisotopic (exact) mass is 481 g/mol. The van der Waals surface area contributed by atoms with Crippen LogP contribution in [0.5, 0.6) is 11.5 Å². The summed E-state index contributed by atoms with van der Waals surface area (Å²) in [5.41, 5.74) is 0.297. The van der Waals surface area contributed by atoms with E-state index < -0.39 is 21.9 Å². The number of benzene rings is 2. The summed E-state index contributed by atoms with van der Waals surface area (Å²) < 4.78 is 21.5. The molecule has 4 rings (SSSR count). The molecule has 0 saturated carbocycles. The first kappa shape index (κ1) is 24.2. The van der Waals surface area contributed by atoms with E-state index in [2.05, 4.69) is 10.3 Å². The van der Waals surface area contributed by atoms with E-state index in [1.807, 2.05) is 51.1 Å². The molecule has 2 aliphatic rings. The number of fused-ring (bicyclic) bond motifs is 1. The lowest BCUT2D eigenvalue weighted by molar-refractivity contribution is -0.301. The van der Waals surface area contributed by atoms with Crippen molar-refractivity contribution >= 4 is 23.6 Å². The van der Waals surface area contributed by atoms with Gasteiger partial charge in [0.25, 0.3) is 5.91 Å². The fourth-order valence-electron chi connectivity index (χ4n) is 4.33. The van der Waals surface area contributed by atoms with E-state index >= 15 is 0 Å². The fourth-order valence-corrected chi connectivity index (χ4v) is 4.33. The summed E-state index contributed by atoms with van der Waals surface area (Å²) in [6, 6.07) is 14.5. The zero-order chi connectivity index (χ0) is 25.2. The molecule has 184 valence electrons. The number of nitrogens with one attached hydrogen (secondary N) is 1. The molecule has 0 fully saturated rings. The molecule has 0 aliphatic carbocycles. The quantitative estimate of drug-likeness (QED) is 0.599. The van der Waals surface area contributed by atoms with Crippen LogP contribution in [-0.2, 0) is 25.7 Å². The van der Waals surface area contributed by atoms with E-state index in [-0.39, 0.29) is 37.5 Å². The van der Waals surface area contributed by atoms with Gasteiger partial charge in [-0.25, -0.2) is 0 Å². The van der Waals surface area contributed by atoms with Gasteiger partial charge < -0.3 is 34.2 Å². The van der Waals surface area contributed by atoms with Crippen LogP contribution in [0.25, 0.3) is 0 Å². The van der Waals surface area contributed by atoms with Gasteiger partial charge in [-0.1, -0.05) is 30.3 Å². The second kappa shape index (κ2) is 9.40. The Morgan fingerprint density at radius 1 is 1.11 bits per heavy atom. The molecule has 35 heavy (non-hydrogen) atoms. The van der Waals surface area contributed by atoms with Crippen molar-refractivity contribution in [2.75, 3.05) is 20.5 Å². The molecule has 0 bridgehead atoms. The van der Waals surface area contributed by atoms with E-state index in [4.69, 9.17) is 18.9 Å². The summed E-state index contributed by atoms with van der Waals surface area (Å²) in [5, 5.41) is 15.1. The number of hydrogen-bond acceptors (Lipinski definition) is 8. The first-order valence-electron chi connectivity index (χ1n) is 11.0. The Hall–Kier alpha value is -3.89. The van der Waals surface area contributed by atoms with Crippen LogP contribution in [0.2, 0.25) is 0 Å². The number of aliphatic imine (C=N–C) groups is 1. The molecular formula is C25H27N3O7. The van der Waals surface area contributed by atoms with Gasteiger partial charge >= 0.3 is 6.02 Å². The SMILES string of the molecule is COC1=NC(NC(=O)COCc2ccccc2)=C(C(=O)[O-])[N+]1(c1ccc2c(c1)OCO2)C(C)(C)C. The topological polar surface area (TPSA) is 119 Å². The van der Waals surface area contributed by atoms with E-state index in [1.54, 1.807) is 18.2 Å². The minimum absolute atomic E-state index is 0.0519. The van der Waals surface area contributed by atoms with Gasteiger partial charge in [-0.2, -0.15) is 4.48 Å². The average Bonchev–Trinajstić information content (AvgIpc) is 3.41. The zero-order valence-corrected chi connectivity index (χ0v) is 20.0. The molecule has 10 nitrogen and oxygen atoms in total. The molecule has 1 amide bonds. The van der Waals surface area contributed by atoms with Crippen LogP contribution in [-0.4, -0.2) is 43.9 Å². The van der Waals surface area contributed by atoms with E-state index in [1.165, 1.54) is 7.11 Å². The predicted octanol–water partition coefficient (Wildman–Crippen LogP) is 1.79. The van der Waals surface area contributed by atoms with Gasteiger partial charge in [0.05, 0.1) is 13.7 Å². The Kier molecular flexibility index (Phi) is 6.51. The molecule has 2 aromatic rings. The Morgan fingerprint density at radius 2 is 1.83 bits per heavy atom. The predicted molar refractivity (Wildman–Crippen MR) is 125 cm³/mol. The van der Waals surface area contributed by atoms with Crippen molar-refractivity contribution in [1.29, 1.82) is 0 Å². The number of carboxylic acid groups (broad SMARTS) is 1. The number of rotatable bonds is 7. The Bertz CT molecular complexity index is 1200. The Morgan fingerprint density at radius 3 is 2.49 bits per heavy atom. The third-order valence-corrected chi connectivity index (χ3v) is 5.78. The molecule has 0 aromatic heterocycles. The number of ether oxygens (including phenoxy) is 4. The maximum atomic E-state index is 12.7. The Labute approximate surface area is 203 Å². The highest BCUT2D eigenvalue weighted by molar-refractivity contribution is 6.05. The minimum atomic E-state index is -1.51. The van der Waals surface area contributed by atoms with Gasteiger partial charge in [0.2, 0.25) is 18.3 Å². The van der Waals surface area contributed by atoms with Crippen molar-refractivity contribution in [3.8, 4) is 11.5 Å². The lowest BCUT2D eigenvalue weighted by Crippen LogP contribution is -2.66. The van der Waals surface area contributed by atoms with Crippen molar-refractivity contribution < 1.29 is 33.6 Å². The third-order valence-electron chi connectivity index (χ3n) is 5.78. The Balaban J connectivity index is 1.69. The average molecular weight is 482 g/mol. The molecule has 0 radical (unpaired) electrons. The molecule has 0 spiro atoms. The molecule has 2 aliphatic heterocycles. The summed E-state index contributed by atoms with van der Waals surface area (Å²) in [7, 11) is 1.39. The normalized spacial score (nSPS) is 18.9. The highest BCUT2D eigenvalue weighted by Crippen LogP contribution is 2.47. The van der Waals surface area contributed by atoms with Gasteiger partial charge in [-0.3, -0.25) is 4.79 Å². The standard InChI is InChI=1S/C25H27N3O7/c1-25(2,3)28(17-10-11-18-19(12-17)35-15-34-18)21(23(30)31)22(27-24(28)32-4)26-20(29)14-33-13-16-8-6-5-7-9-16/h5-12H,13-15H2,1-4H3,(H-,26,29,30,31). The first-order valence-corrected chi connectivity index (χ1v) is 11.0. The minimum Gasteiger partial charge on any atom is -0.540 e. The zero-order valence-electron chi connectivity index (χ0n) is 20.0. The first-order chi connectivity index (χ1) is 16.7. The summed E-state index contributed by atoms with van der Waals surface area (Å²) in [6.45, 7) is 5.50. The lowest BCUT2D eigenvalue weighted by atomic mass is 9.98. The molecule has 1 N–H and O–H groups in total. The van der Waals surface area contributed by atoms with Gasteiger partial charge in [0, 0.05) is 12.1 Å². The fraction of sp³-hybridized carbons (Fsp3) is 0.320. The number of hydrogen-bond donors (Lipinski definition) is 1. The second-order valence-electron chi connectivity index (χ2n) is 8.99. The van der Waals surface area contributed by atoms with Crippen molar-refractivity contribution in [2.24, 2.45) is 4.99 Å². The van der Waals surface area contributed by atoms with E-state index in [9.17, 15) is 14.7 Å². The van der Waals surface area contributed by atoms with Crippen LogP contribution in [0.4, 0.5) is 5.69 Å². The van der Waals surface area contributed by atoms with Crippen LogP contribution < -0.4 is 24.4 Å². The number of carbonyl (C=O) groups excluding carboxylic acids is 2. The van der Waals surface area contributed by atoms with Crippen molar-refractivity contribution in [3.63, 3.8) is 0 Å². The molecular weight excluding hydrogens is 454 g/mol. The smallest absolute Gasteiger partial charge is 0.411 e. The molecule has 10 heteroatoms. The highest BCUT2D eigenvalue weighted by atomic mass is 16.7. The van der Waals surface area contributed by atoms with Gasteiger partial charge in [-0.05, 0) is 32.4 Å². The van der Waals surface area contributed by atoms with Crippen LogP contribution >= 0.6 is 0 Å². The molecule has 2 heterocycles. The maximum Gasteiger partial charge on any atom is 0.411 e. The van der Waals surface area contributed by atoms with Crippen molar-refractivity contribution in [2.45, 2.75) is 32.9 Å². The number of aliphatic carboxylic acids is 1. The number of methoxy groups -OCH3 is 1. The maximum absolute atomic E-state index is 12.7.